The molecule has 0 amide bonds. The van der Waals surface area contributed by atoms with Crippen LogP contribution in [0.1, 0.15) is 25.5 Å². The van der Waals surface area contributed by atoms with Crippen molar-refractivity contribution in [3.05, 3.63) is 47.0 Å². The van der Waals surface area contributed by atoms with Gasteiger partial charge in [-0.15, -0.1) is 14.8 Å². The van der Waals surface area contributed by atoms with Gasteiger partial charge in [0.1, 0.15) is 5.82 Å². The Labute approximate surface area is 127 Å². The third kappa shape index (κ3) is 2.95. The first-order chi connectivity index (χ1) is 10.1. The molecule has 1 atom stereocenters. The third-order valence-corrected chi connectivity index (χ3v) is 3.52. The number of rotatable bonds is 4. The summed E-state index contributed by atoms with van der Waals surface area (Å²) in [6.07, 6.45) is 0. The Kier molecular flexibility index (Phi) is 3.70. The molecular formula is C14H15ClN6. The first-order valence-electron chi connectivity index (χ1n) is 6.71. The molecule has 0 aliphatic rings. The average molecular weight is 303 g/mol. The first-order valence-corrected chi connectivity index (χ1v) is 7.09. The summed E-state index contributed by atoms with van der Waals surface area (Å²) in [5.74, 6) is 1.11. The second kappa shape index (κ2) is 5.65. The van der Waals surface area contributed by atoms with Crippen LogP contribution in [0.2, 0.25) is 5.02 Å². The van der Waals surface area contributed by atoms with E-state index in [9.17, 15) is 0 Å². The summed E-state index contributed by atoms with van der Waals surface area (Å²) in [5.41, 5.74) is 1.78. The molecule has 21 heavy (non-hydrogen) atoms. The maximum absolute atomic E-state index is 5.95. The van der Waals surface area contributed by atoms with Crippen molar-refractivity contribution in [2.75, 3.05) is 5.32 Å². The Hall–Kier alpha value is -2.21. The van der Waals surface area contributed by atoms with Crippen molar-refractivity contribution in [2.45, 2.75) is 19.9 Å². The van der Waals surface area contributed by atoms with E-state index in [1.54, 1.807) is 0 Å². The fourth-order valence-corrected chi connectivity index (χ4v) is 2.32. The fourth-order valence-electron chi connectivity index (χ4n) is 2.19. The molecule has 0 fully saturated rings. The molecule has 0 radical (unpaired) electrons. The van der Waals surface area contributed by atoms with Crippen molar-refractivity contribution in [1.82, 2.24) is 25.3 Å². The van der Waals surface area contributed by atoms with Gasteiger partial charge in [0.05, 0.1) is 6.04 Å². The highest BCUT2D eigenvalue weighted by molar-refractivity contribution is 6.30. The topological polar surface area (TPSA) is 68.0 Å². The number of hydrogen-bond donors (Lipinski definition) is 1. The molecule has 0 aliphatic carbocycles. The quantitative estimate of drug-likeness (QED) is 0.802. The van der Waals surface area contributed by atoms with Crippen LogP contribution >= 0.6 is 11.6 Å². The third-order valence-electron chi connectivity index (χ3n) is 3.27. The van der Waals surface area contributed by atoms with Gasteiger partial charge in [-0.05, 0) is 46.2 Å². The monoisotopic (exact) mass is 302 g/mol. The van der Waals surface area contributed by atoms with Crippen molar-refractivity contribution < 1.29 is 0 Å². The second-order valence-electron chi connectivity index (χ2n) is 5.16. The van der Waals surface area contributed by atoms with Crippen molar-refractivity contribution in [1.29, 1.82) is 0 Å². The van der Waals surface area contributed by atoms with Gasteiger partial charge in [0.2, 0.25) is 0 Å². The average Bonchev–Trinajstić information content (AvgIpc) is 2.93. The number of benzene rings is 1. The minimum atomic E-state index is 0.128. The largest absolute Gasteiger partial charge is 0.362 e. The van der Waals surface area contributed by atoms with E-state index in [1.165, 1.54) is 4.63 Å². The predicted molar refractivity (Wildman–Crippen MR) is 81.2 cm³/mol. The van der Waals surface area contributed by atoms with Crippen LogP contribution in [-0.4, -0.2) is 25.3 Å². The van der Waals surface area contributed by atoms with E-state index in [-0.39, 0.29) is 6.04 Å². The number of nitrogens with zero attached hydrogens (tertiary/aromatic N) is 5. The van der Waals surface area contributed by atoms with Gasteiger partial charge in [-0.3, -0.25) is 0 Å². The molecule has 0 aliphatic heterocycles. The van der Waals surface area contributed by atoms with Crippen LogP contribution in [0.15, 0.2) is 36.4 Å². The van der Waals surface area contributed by atoms with E-state index in [1.807, 2.05) is 36.4 Å². The highest BCUT2D eigenvalue weighted by Gasteiger charge is 2.16. The number of nitrogens with one attached hydrogen (secondary N) is 1. The summed E-state index contributed by atoms with van der Waals surface area (Å²) in [6.45, 7) is 4.31. The molecule has 3 aromatic rings. The Balaban J connectivity index is 1.89. The lowest BCUT2D eigenvalue weighted by Crippen LogP contribution is -2.18. The van der Waals surface area contributed by atoms with Crippen molar-refractivity contribution in [2.24, 2.45) is 5.92 Å². The van der Waals surface area contributed by atoms with Crippen LogP contribution in [0.5, 0.6) is 0 Å². The minimum Gasteiger partial charge on any atom is -0.362 e. The van der Waals surface area contributed by atoms with Gasteiger partial charge in [-0.1, -0.05) is 37.6 Å². The van der Waals surface area contributed by atoms with Crippen molar-refractivity contribution in [3.63, 3.8) is 0 Å². The molecule has 108 valence electrons. The van der Waals surface area contributed by atoms with Crippen LogP contribution in [0.4, 0.5) is 5.82 Å². The summed E-state index contributed by atoms with van der Waals surface area (Å²) in [6, 6.07) is 11.7. The van der Waals surface area contributed by atoms with Crippen molar-refractivity contribution in [3.8, 4) is 0 Å². The van der Waals surface area contributed by atoms with E-state index in [0.29, 0.717) is 11.6 Å². The van der Waals surface area contributed by atoms with Crippen molar-refractivity contribution >= 4 is 23.1 Å². The van der Waals surface area contributed by atoms with Crippen LogP contribution in [-0.2, 0) is 0 Å². The number of aromatic nitrogens is 5. The smallest absolute Gasteiger partial charge is 0.200 e. The van der Waals surface area contributed by atoms with Crippen LogP contribution in [0, 0.1) is 5.92 Å². The fraction of sp³-hybridized carbons (Fsp3) is 0.286. The summed E-state index contributed by atoms with van der Waals surface area (Å²) in [5, 5.41) is 19.7. The molecule has 0 unspecified atom stereocenters. The molecule has 1 N–H and O–H groups in total. The summed E-state index contributed by atoms with van der Waals surface area (Å²) in [7, 11) is 0. The maximum Gasteiger partial charge on any atom is 0.200 e. The van der Waals surface area contributed by atoms with Gasteiger partial charge in [0.25, 0.3) is 0 Å². The van der Waals surface area contributed by atoms with E-state index in [2.05, 4.69) is 39.8 Å². The molecule has 0 saturated carbocycles. The van der Waals surface area contributed by atoms with Gasteiger partial charge in [-0.25, -0.2) is 0 Å². The van der Waals surface area contributed by atoms with Gasteiger partial charge >= 0.3 is 0 Å². The van der Waals surface area contributed by atoms with E-state index >= 15 is 0 Å². The van der Waals surface area contributed by atoms with Crippen LogP contribution < -0.4 is 5.32 Å². The molecule has 1 aromatic carbocycles. The van der Waals surface area contributed by atoms with Crippen LogP contribution in [0.3, 0.4) is 0 Å². The molecule has 0 spiro atoms. The highest BCUT2D eigenvalue weighted by Crippen LogP contribution is 2.26. The van der Waals surface area contributed by atoms with Gasteiger partial charge < -0.3 is 5.32 Å². The molecule has 7 heteroatoms. The lowest BCUT2D eigenvalue weighted by atomic mass is 9.96. The number of hydrogen-bond acceptors (Lipinski definition) is 5. The Morgan fingerprint density at radius 1 is 1.10 bits per heavy atom. The summed E-state index contributed by atoms with van der Waals surface area (Å²) in [4.78, 5) is 0. The lowest BCUT2D eigenvalue weighted by molar-refractivity contribution is 0.542. The van der Waals surface area contributed by atoms with Gasteiger partial charge in [0, 0.05) is 5.02 Å². The number of fused-ring (bicyclic) bond motifs is 1. The SMILES string of the molecule is CC(C)[C@@H](Nc1ccc2nnnn2n1)c1ccc(Cl)cc1. The van der Waals surface area contributed by atoms with E-state index in [0.717, 1.165) is 16.4 Å². The molecule has 6 nitrogen and oxygen atoms in total. The summed E-state index contributed by atoms with van der Waals surface area (Å²) >= 11 is 5.95. The Morgan fingerprint density at radius 3 is 2.57 bits per heavy atom. The molecule has 0 bridgehead atoms. The predicted octanol–water partition coefficient (Wildman–Crippen LogP) is 2.98. The molecule has 2 aromatic heterocycles. The molecule has 0 saturated heterocycles. The van der Waals surface area contributed by atoms with Gasteiger partial charge in [-0.2, -0.15) is 0 Å². The second-order valence-corrected chi connectivity index (χ2v) is 5.60. The number of anilines is 1. The van der Waals surface area contributed by atoms with Crippen LogP contribution in [0.25, 0.3) is 5.65 Å². The molecular weight excluding hydrogens is 288 g/mol. The zero-order valence-corrected chi connectivity index (χ0v) is 12.5. The Bertz CT molecular complexity index is 737. The zero-order chi connectivity index (χ0) is 14.8. The Morgan fingerprint density at radius 2 is 1.86 bits per heavy atom. The first kappa shape index (κ1) is 13.8. The normalized spacial score (nSPS) is 12.8. The molecule has 3 rings (SSSR count). The van der Waals surface area contributed by atoms with E-state index in [4.69, 9.17) is 11.6 Å². The van der Waals surface area contributed by atoms with Gasteiger partial charge in [0.15, 0.2) is 5.65 Å². The van der Waals surface area contributed by atoms with E-state index < -0.39 is 0 Å². The minimum absolute atomic E-state index is 0.128. The number of halogens is 1. The molecule has 2 heterocycles. The zero-order valence-electron chi connectivity index (χ0n) is 11.7. The number of tetrazole rings is 1. The standard InChI is InChI=1S/C14H15ClN6/c1-9(2)14(10-3-5-11(15)6-4-10)16-12-7-8-13-17-19-20-21(13)18-12/h3-9,14H,1-2H3,(H,16,18)/t14-/m1/s1. The lowest BCUT2D eigenvalue weighted by Gasteiger charge is -2.23. The summed E-state index contributed by atoms with van der Waals surface area (Å²) < 4.78 is 1.40. The highest BCUT2D eigenvalue weighted by atomic mass is 35.5. The maximum atomic E-state index is 5.95.